The van der Waals surface area contributed by atoms with E-state index >= 15 is 0 Å². The molecule has 1 atom stereocenters. The summed E-state index contributed by atoms with van der Waals surface area (Å²) in [6.07, 6.45) is 5.80. The van der Waals surface area contributed by atoms with Crippen LogP contribution in [0.1, 0.15) is 55.7 Å². The van der Waals surface area contributed by atoms with Crippen LogP contribution >= 0.6 is 23.2 Å². The second-order valence-electron chi connectivity index (χ2n) is 10.3. The number of hydrogen-bond acceptors (Lipinski definition) is 6. The van der Waals surface area contributed by atoms with Crippen LogP contribution in [0.4, 0.5) is 0 Å². The van der Waals surface area contributed by atoms with E-state index in [1.165, 1.54) is 36.0 Å². The van der Waals surface area contributed by atoms with Gasteiger partial charge in [-0.3, -0.25) is 14.3 Å². The van der Waals surface area contributed by atoms with Crippen molar-refractivity contribution in [1.29, 1.82) is 0 Å². The van der Waals surface area contributed by atoms with Crippen molar-refractivity contribution in [2.24, 2.45) is 5.92 Å². The molecule has 0 radical (unpaired) electrons. The van der Waals surface area contributed by atoms with Gasteiger partial charge in [0.05, 0.1) is 30.1 Å². The number of methoxy groups -OCH3 is 1. The second kappa shape index (κ2) is 14.0. The van der Waals surface area contributed by atoms with Crippen molar-refractivity contribution >= 4 is 29.2 Å². The molecule has 1 aliphatic carbocycles. The quantitative estimate of drug-likeness (QED) is 0.199. The highest BCUT2D eigenvalue weighted by Gasteiger charge is 2.28. The summed E-state index contributed by atoms with van der Waals surface area (Å²) in [4.78, 5) is 14.2. The van der Waals surface area contributed by atoms with Crippen LogP contribution in [0, 0.1) is 5.92 Å². The third kappa shape index (κ3) is 7.77. The van der Waals surface area contributed by atoms with Crippen LogP contribution in [0.15, 0.2) is 48.5 Å². The number of carbonyl (C=O) groups is 1. The third-order valence-electron chi connectivity index (χ3n) is 7.48. The Kier molecular flexibility index (Phi) is 10.5. The zero-order valence-electron chi connectivity index (χ0n) is 22.6. The molecule has 2 aromatic carbocycles. The van der Waals surface area contributed by atoms with E-state index in [4.69, 9.17) is 32.7 Å². The summed E-state index contributed by atoms with van der Waals surface area (Å²) in [5, 5.41) is 30.4. The number of nitrogens with zero attached hydrogens (tertiary/aromatic N) is 2. The van der Waals surface area contributed by atoms with E-state index in [2.05, 4.69) is 4.90 Å². The number of aromatic hydroxyl groups is 2. The largest absolute Gasteiger partial charge is 0.494 e. The van der Waals surface area contributed by atoms with Crippen molar-refractivity contribution in [3.8, 4) is 23.3 Å². The molecule has 216 valence electrons. The van der Waals surface area contributed by atoms with Crippen molar-refractivity contribution in [2.75, 3.05) is 20.3 Å². The lowest BCUT2D eigenvalue weighted by molar-refractivity contribution is -0.138. The first-order valence-corrected chi connectivity index (χ1v) is 14.3. The topological polar surface area (TPSA) is 104 Å². The Morgan fingerprint density at radius 3 is 2.38 bits per heavy atom. The SMILES string of the molecule is COc1cc(CN(CC2CCCCC2)C(CC(=O)O)c2ccc(Cl)c(Cl)c2)ccc1OCCn1c(O)ccc1O. The molecule has 1 saturated carbocycles. The smallest absolute Gasteiger partial charge is 0.305 e. The van der Waals surface area contributed by atoms with Crippen LogP contribution in [0.2, 0.25) is 10.0 Å². The molecule has 3 N–H and O–H groups in total. The predicted molar refractivity (Wildman–Crippen MR) is 155 cm³/mol. The maximum absolute atomic E-state index is 12.0. The van der Waals surface area contributed by atoms with Crippen LogP contribution in [-0.2, 0) is 17.9 Å². The minimum atomic E-state index is -0.884. The van der Waals surface area contributed by atoms with Gasteiger partial charge in [-0.05, 0) is 54.2 Å². The number of rotatable bonds is 13. The molecule has 4 rings (SSSR count). The van der Waals surface area contributed by atoms with Crippen molar-refractivity contribution < 1.29 is 29.6 Å². The maximum Gasteiger partial charge on any atom is 0.305 e. The van der Waals surface area contributed by atoms with Crippen molar-refractivity contribution in [1.82, 2.24) is 9.47 Å². The van der Waals surface area contributed by atoms with Gasteiger partial charge in [-0.1, -0.05) is 54.6 Å². The minimum absolute atomic E-state index is 0.0423. The minimum Gasteiger partial charge on any atom is -0.494 e. The lowest BCUT2D eigenvalue weighted by Gasteiger charge is -2.36. The molecule has 1 unspecified atom stereocenters. The molecule has 1 heterocycles. The first-order valence-electron chi connectivity index (χ1n) is 13.5. The fourth-order valence-electron chi connectivity index (χ4n) is 5.43. The monoisotopic (exact) mass is 590 g/mol. The number of carboxylic acid groups (broad SMARTS) is 1. The highest BCUT2D eigenvalue weighted by molar-refractivity contribution is 6.42. The molecule has 1 fully saturated rings. The van der Waals surface area contributed by atoms with Gasteiger partial charge in [0, 0.05) is 31.3 Å². The van der Waals surface area contributed by atoms with Crippen molar-refractivity contribution in [2.45, 2.75) is 57.7 Å². The number of hydrogen-bond donors (Lipinski definition) is 3. The van der Waals surface area contributed by atoms with Gasteiger partial charge >= 0.3 is 5.97 Å². The van der Waals surface area contributed by atoms with E-state index in [-0.39, 0.29) is 31.3 Å². The molecule has 0 aliphatic heterocycles. The summed E-state index contributed by atoms with van der Waals surface area (Å²) in [5.41, 5.74) is 1.77. The molecule has 0 spiro atoms. The summed E-state index contributed by atoms with van der Waals surface area (Å²) in [5.74, 6) is 0.589. The molecule has 1 aliphatic rings. The second-order valence-corrected chi connectivity index (χ2v) is 11.1. The highest BCUT2D eigenvalue weighted by atomic mass is 35.5. The van der Waals surface area contributed by atoms with E-state index in [1.807, 2.05) is 24.3 Å². The van der Waals surface area contributed by atoms with Gasteiger partial charge in [0.1, 0.15) is 6.61 Å². The Morgan fingerprint density at radius 2 is 1.73 bits per heavy atom. The Morgan fingerprint density at radius 1 is 1.00 bits per heavy atom. The number of carboxylic acids is 1. The predicted octanol–water partition coefficient (Wildman–Crippen LogP) is 6.89. The van der Waals surface area contributed by atoms with Gasteiger partial charge in [-0.15, -0.1) is 0 Å². The average Bonchev–Trinajstić information content (AvgIpc) is 3.26. The number of benzene rings is 2. The standard InChI is InChI=1S/C30H36Cl2N2O6/c1-39-27-15-21(7-10-26(27)40-14-13-34-28(35)11-12-29(34)36)19-33(18-20-5-3-2-4-6-20)25(17-30(37)38)22-8-9-23(31)24(32)16-22/h7-12,15-16,20,25,35-36H,2-6,13-14,17-19H2,1H3,(H,37,38). The number of ether oxygens (including phenoxy) is 2. The number of aliphatic carboxylic acids is 1. The van der Waals surface area contributed by atoms with E-state index in [9.17, 15) is 20.1 Å². The van der Waals surface area contributed by atoms with Crippen LogP contribution < -0.4 is 9.47 Å². The first-order chi connectivity index (χ1) is 19.2. The van der Waals surface area contributed by atoms with Crippen LogP contribution in [0.3, 0.4) is 0 Å². The number of halogens is 2. The Hall–Kier alpha value is -3.07. The van der Waals surface area contributed by atoms with Gasteiger partial charge in [-0.25, -0.2) is 0 Å². The van der Waals surface area contributed by atoms with E-state index in [0.717, 1.165) is 30.5 Å². The molecule has 0 saturated heterocycles. The molecule has 0 bridgehead atoms. The van der Waals surface area contributed by atoms with Gasteiger partial charge in [-0.2, -0.15) is 0 Å². The Labute approximate surface area is 244 Å². The first kappa shape index (κ1) is 29.9. The van der Waals surface area contributed by atoms with Crippen molar-refractivity contribution in [3.63, 3.8) is 0 Å². The molecule has 40 heavy (non-hydrogen) atoms. The van der Waals surface area contributed by atoms with Crippen LogP contribution in [-0.4, -0.2) is 51.0 Å². The van der Waals surface area contributed by atoms with Crippen LogP contribution in [0.25, 0.3) is 0 Å². The Bertz CT molecular complexity index is 1270. The molecule has 0 amide bonds. The highest BCUT2D eigenvalue weighted by Crippen LogP contribution is 2.36. The molecule has 1 aromatic heterocycles. The maximum atomic E-state index is 12.0. The van der Waals surface area contributed by atoms with Crippen LogP contribution in [0.5, 0.6) is 23.3 Å². The molecule has 3 aromatic rings. The summed E-state index contributed by atoms with van der Waals surface area (Å²) in [6, 6.07) is 13.5. The third-order valence-corrected chi connectivity index (χ3v) is 8.21. The van der Waals surface area contributed by atoms with Gasteiger partial charge < -0.3 is 24.8 Å². The van der Waals surface area contributed by atoms with E-state index < -0.39 is 12.0 Å². The Balaban J connectivity index is 1.56. The molecule has 10 heteroatoms. The summed E-state index contributed by atoms with van der Waals surface area (Å²) < 4.78 is 12.9. The summed E-state index contributed by atoms with van der Waals surface area (Å²) in [7, 11) is 1.57. The molecule has 8 nitrogen and oxygen atoms in total. The van der Waals surface area contributed by atoms with Gasteiger partial charge in [0.25, 0.3) is 0 Å². The van der Waals surface area contributed by atoms with Gasteiger partial charge in [0.15, 0.2) is 23.3 Å². The average molecular weight is 592 g/mol. The zero-order valence-corrected chi connectivity index (χ0v) is 24.1. The van der Waals surface area contributed by atoms with E-state index in [1.54, 1.807) is 19.2 Å². The normalized spacial score (nSPS) is 14.8. The molecular weight excluding hydrogens is 555 g/mol. The lowest BCUT2D eigenvalue weighted by Crippen LogP contribution is -2.35. The lowest BCUT2D eigenvalue weighted by atomic mass is 9.88. The summed E-state index contributed by atoms with van der Waals surface area (Å²) >= 11 is 12.5. The number of aromatic nitrogens is 1. The summed E-state index contributed by atoms with van der Waals surface area (Å²) in [6.45, 7) is 1.74. The zero-order chi connectivity index (χ0) is 28.6. The van der Waals surface area contributed by atoms with Crippen molar-refractivity contribution in [3.05, 3.63) is 69.7 Å². The fourth-order valence-corrected chi connectivity index (χ4v) is 5.74. The van der Waals surface area contributed by atoms with E-state index in [0.29, 0.717) is 34.0 Å². The molecular formula is C30H36Cl2N2O6. The van der Waals surface area contributed by atoms with Gasteiger partial charge in [0.2, 0.25) is 0 Å². The fraction of sp³-hybridized carbons (Fsp3) is 0.433.